The molecule has 198 valence electrons. The van der Waals surface area contributed by atoms with E-state index in [-0.39, 0.29) is 23.4 Å². The Hall–Kier alpha value is -3.44. The second kappa shape index (κ2) is 11.7. The fraction of sp³-hybridized carbons (Fsp3) is 0.360. The Balaban J connectivity index is 1.89. The van der Waals surface area contributed by atoms with E-state index in [0.29, 0.717) is 41.8 Å². The van der Waals surface area contributed by atoms with E-state index in [2.05, 4.69) is 25.0 Å². The van der Waals surface area contributed by atoms with Gasteiger partial charge in [0.1, 0.15) is 5.75 Å². The van der Waals surface area contributed by atoms with E-state index in [1.54, 1.807) is 36.4 Å². The molecule has 1 N–H and O–H groups in total. The summed E-state index contributed by atoms with van der Waals surface area (Å²) in [5, 5.41) is 2.54. The summed E-state index contributed by atoms with van der Waals surface area (Å²) in [5.41, 5.74) is -1.47. The third kappa shape index (κ3) is 6.47. The predicted octanol–water partition coefficient (Wildman–Crippen LogP) is 5.24. The third-order valence-corrected chi connectivity index (χ3v) is 5.82. The van der Waals surface area contributed by atoms with Crippen molar-refractivity contribution in [3.63, 3.8) is 0 Å². The molecule has 0 bridgehead atoms. The quantitative estimate of drug-likeness (QED) is 0.377. The molecular weight excluding hydrogens is 513 g/mol. The van der Waals surface area contributed by atoms with E-state index >= 15 is 0 Å². The van der Waals surface area contributed by atoms with Crippen molar-refractivity contribution in [3.05, 3.63) is 53.1 Å². The maximum atomic E-state index is 13.3. The van der Waals surface area contributed by atoms with Crippen LogP contribution in [0.3, 0.4) is 0 Å². The molecule has 2 aromatic carbocycles. The van der Waals surface area contributed by atoms with E-state index in [1.807, 2.05) is 6.92 Å². The summed E-state index contributed by atoms with van der Waals surface area (Å²) in [6.07, 6.45) is -4.01. The van der Waals surface area contributed by atoms with Crippen LogP contribution in [0.2, 0.25) is 5.02 Å². The zero-order valence-corrected chi connectivity index (χ0v) is 21.4. The molecule has 3 rings (SSSR count). The molecule has 0 radical (unpaired) electrons. The van der Waals surface area contributed by atoms with Crippen molar-refractivity contribution in [2.75, 3.05) is 20.8 Å². The molecule has 0 spiro atoms. The highest BCUT2D eigenvalue weighted by atomic mass is 35.5. The molecule has 37 heavy (non-hydrogen) atoms. The van der Waals surface area contributed by atoms with E-state index < -0.39 is 17.7 Å². The van der Waals surface area contributed by atoms with Crippen molar-refractivity contribution in [3.8, 4) is 34.5 Å². The molecule has 1 heterocycles. The zero-order valence-electron chi connectivity index (χ0n) is 20.6. The first kappa shape index (κ1) is 28.1. The van der Waals surface area contributed by atoms with Gasteiger partial charge in [-0.3, -0.25) is 4.79 Å². The second-order valence-electron chi connectivity index (χ2n) is 8.07. The fourth-order valence-electron chi connectivity index (χ4n) is 3.16. The molecule has 1 atom stereocenters. The number of hydrogen-bond acceptors (Lipinski definition) is 7. The second-order valence-corrected chi connectivity index (χ2v) is 8.48. The van der Waals surface area contributed by atoms with Crippen LogP contribution in [0, 0.1) is 0 Å². The van der Waals surface area contributed by atoms with Crippen LogP contribution in [0.1, 0.15) is 25.8 Å². The monoisotopic (exact) mass is 538 g/mol. The average Bonchev–Trinajstić information content (AvgIpc) is 2.90. The summed E-state index contributed by atoms with van der Waals surface area (Å²) in [6.45, 7) is 3.06. The highest BCUT2D eigenvalue weighted by Gasteiger charge is 2.57. The highest BCUT2D eigenvalue weighted by molar-refractivity contribution is 6.33. The number of amides is 1. The van der Waals surface area contributed by atoms with Gasteiger partial charge in [-0.15, -0.1) is 0 Å². The summed E-state index contributed by atoms with van der Waals surface area (Å²) in [5.74, 6) is -0.114. The molecule has 0 aliphatic rings. The average molecular weight is 539 g/mol. The number of rotatable bonds is 10. The molecular formula is C25H26ClF3N4O4. The Labute approximate surface area is 217 Å². The summed E-state index contributed by atoms with van der Waals surface area (Å²) in [4.78, 5) is 25.4. The summed E-state index contributed by atoms with van der Waals surface area (Å²) in [6, 6.07) is 11.9. The van der Waals surface area contributed by atoms with Gasteiger partial charge < -0.3 is 19.5 Å². The standard InChI is InChI=1S/C25H26ClF3N4O4/c1-5-12-37-17-9-7-16(8-10-17)20-31-21(33-23(32-20)35-3)18-13-15(6-11-19(18)26)14-30-22(34)24(2,36-4)25(27,28)29/h6-11,13H,5,12,14H2,1-4H3,(H,30,34)/t24-/m1/s1. The Morgan fingerprint density at radius 3 is 2.30 bits per heavy atom. The molecule has 0 saturated carbocycles. The van der Waals surface area contributed by atoms with E-state index in [0.717, 1.165) is 13.5 Å². The zero-order chi connectivity index (χ0) is 27.2. The van der Waals surface area contributed by atoms with Crippen LogP contribution in [0.4, 0.5) is 13.2 Å². The van der Waals surface area contributed by atoms with E-state index in [1.165, 1.54) is 13.2 Å². The molecule has 12 heteroatoms. The van der Waals surface area contributed by atoms with Crippen molar-refractivity contribution in [1.82, 2.24) is 20.3 Å². The molecule has 0 aliphatic carbocycles. The molecule has 8 nitrogen and oxygen atoms in total. The summed E-state index contributed by atoms with van der Waals surface area (Å²) < 4.78 is 55.2. The van der Waals surface area contributed by atoms with Gasteiger partial charge in [0.2, 0.25) is 5.60 Å². The first-order valence-corrected chi connectivity index (χ1v) is 11.6. The smallest absolute Gasteiger partial charge is 0.426 e. The number of ether oxygens (including phenoxy) is 3. The number of benzene rings is 2. The van der Waals surface area contributed by atoms with Crippen LogP contribution >= 0.6 is 11.6 Å². The number of hydrogen-bond donors (Lipinski definition) is 1. The largest absolute Gasteiger partial charge is 0.494 e. The predicted molar refractivity (Wildman–Crippen MR) is 131 cm³/mol. The van der Waals surface area contributed by atoms with Crippen LogP contribution < -0.4 is 14.8 Å². The molecule has 1 aromatic heterocycles. The lowest BCUT2D eigenvalue weighted by Crippen LogP contribution is -2.55. The Morgan fingerprint density at radius 1 is 1.03 bits per heavy atom. The van der Waals surface area contributed by atoms with Gasteiger partial charge in [-0.25, -0.2) is 4.98 Å². The number of alkyl halides is 3. The van der Waals surface area contributed by atoms with E-state index in [4.69, 9.17) is 21.1 Å². The van der Waals surface area contributed by atoms with Crippen molar-refractivity contribution >= 4 is 17.5 Å². The van der Waals surface area contributed by atoms with Gasteiger partial charge in [0.05, 0.1) is 18.7 Å². The minimum Gasteiger partial charge on any atom is -0.494 e. The number of methoxy groups -OCH3 is 2. The summed E-state index contributed by atoms with van der Waals surface area (Å²) >= 11 is 6.40. The Kier molecular flexibility index (Phi) is 8.93. The first-order valence-electron chi connectivity index (χ1n) is 11.2. The van der Waals surface area contributed by atoms with Crippen LogP contribution in [-0.2, 0) is 16.1 Å². The third-order valence-electron chi connectivity index (χ3n) is 5.49. The molecule has 0 fully saturated rings. The molecule has 0 unspecified atom stereocenters. The molecule has 0 saturated heterocycles. The SMILES string of the molecule is CCCOc1ccc(-c2nc(OC)nc(-c3cc(CNC(=O)[C@@](C)(OC)C(F)(F)F)ccc3Cl)n2)cc1. The Bertz CT molecular complexity index is 1240. The number of carbonyl (C=O) groups excluding carboxylic acids is 1. The van der Waals surface area contributed by atoms with Gasteiger partial charge >= 0.3 is 12.2 Å². The number of carbonyl (C=O) groups is 1. The van der Waals surface area contributed by atoms with Crippen LogP contribution in [-0.4, -0.2) is 53.5 Å². The molecule has 0 aliphatic heterocycles. The van der Waals surface area contributed by atoms with Crippen molar-refractivity contribution in [1.29, 1.82) is 0 Å². The maximum Gasteiger partial charge on any atom is 0.426 e. The van der Waals surface area contributed by atoms with Crippen LogP contribution in [0.15, 0.2) is 42.5 Å². The van der Waals surface area contributed by atoms with Gasteiger partial charge in [0.15, 0.2) is 11.6 Å². The van der Waals surface area contributed by atoms with Crippen molar-refractivity contribution in [2.45, 2.75) is 38.6 Å². The lowest BCUT2D eigenvalue weighted by Gasteiger charge is -2.29. The van der Waals surface area contributed by atoms with Crippen molar-refractivity contribution in [2.24, 2.45) is 0 Å². The van der Waals surface area contributed by atoms with Gasteiger partial charge in [-0.1, -0.05) is 24.6 Å². The highest BCUT2D eigenvalue weighted by Crippen LogP contribution is 2.33. The maximum absolute atomic E-state index is 13.3. The van der Waals surface area contributed by atoms with Gasteiger partial charge in [0.25, 0.3) is 5.91 Å². The fourth-order valence-corrected chi connectivity index (χ4v) is 3.36. The molecule has 3 aromatic rings. The topological polar surface area (TPSA) is 95.5 Å². The minimum atomic E-state index is -4.89. The number of nitrogens with one attached hydrogen (secondary N) is 1. The number of nitrogens with zero attached hydrogens (tertiary/aromatic N) is 3. The number of halogens is 4. The lowest BCUT2D eigenvalue weighted by molar-refractivity contribution is -0.253. The normalized spacial score (nSPS) is 13.1. The van der Waals surface area contributed by atoms with Crippen LogP contribution in [0.25, 0.3) is 22.8 Å². The summed E-state index contributed by atoms with van der Waals surface area (Å²) in [7, 11) is 2.23. The van der Waals surface area contributed by atoms with Gasteiger partial charge in [-0.2, -0.15) is 23.1 Å². The van der Waals surface area contributed by atoms with Gasteiger partial charge in [0, 0.05) is 24.8 Å². The minimum absolute atomic E-state index is 0.0436. The van der Waals surface area contributed by atoms with Crippen molar-refractivity contribution < 1.29 is 32.2 Å². The Morgan fingerprint density at radius 2 is 1.70 bits per heavy atom. The lowest BCUT2D eigenvalue weighted by atomic mass is 10.0. The first-order chi connectivity index (χ1) is 17.5. The van der Waals surface area contributed by atoms with Crippen LogP contribution in [0.5, 0.6) is 11.8 Å². The number of aromatic nitrogens is 3. The van der Waals surface area contributed by atoms with E-state index in [9.17, 15) is 18.0 Å². The van der Waals surface area contributed by atoms with Gasteiger partial charge in [-0.05, 0) is 55.3 Å². The molecule has 1 amide bonds.